The van der Waals surface area contributed by atoms with Crippen molar-refractivity contribution in [2.75, 3.05) is 5.73 Å². The van der Waals surface area contributed by atoms with Crippen LogP contribution in [0.25, 0.3) is 0 Å². The first-order chi connectivity index (χ1) is 6.75. The van der Waals surface area contributed by atoms with E-state index in [0.717, 1.165) is 10.4 Å². The molecule has 0 fully saturated rings. The summed E-state index contributed by atoms with van der Waals surface area (Å²) in [6.45, 7) is 0. The topological polar surface area (TPSA) is 38.9 Å². The molecule has 0 spiro atoms. The summed E-state index contributed by atoms with van der Waals surface area (Å²) in [6, 6.07) is 6.52. The van der Waals surface area contributed by atoms with Crippen LogP contribution in [0.5, 0.6) is 0 Å². The molecule has 2 aromatic rings. The zero-order chi connectivity index (χ0) is 9.97. The summed E-state index contributed by atoms with van der Waals surface area (Å²) in [6.07, 6.45) is 2.27. The molecule has 0 unspecified atom stereocenters. The number of nitrogen functional groups attached to an aromatic ring is 1. The molecular weight excluding hydrogens is 199 g/mol. The lowest BCUT2D eigenvalue weighted by Crippen LogP contribution is -1.91. The third-order valence-electron chi connectivity index (χ3n) is 1.93. The van der Waals surface area contributed by atoms with Crippen LogP contribution in [0.4, 0.5) is 10.1 Å². The van der Waals surface area contributed by atoms with Gasteiger partial charge in [-0.2, -0.15) is 4.37 Å². The highest BCUT2D eigenvalue weighted by Gasteiger charge is 2.03. The maximum atomic E-state index is 12.9. The molecular formula is C10H9FN2S. The number of rotatable bonds is 2. The first kappa shape index (κ1) is 9.15. The second-order valence-electron chi connectivity index (χ2n) is 3.01. The Labute approximate surface area is 85.4 Å². The smallest absolute Gasteiger partial charge is 0.123 e. The fraction of sp³-hybridized carbons (Fsp3) is 0.100. The molecule has 0 saturated heterocycles. The van der Waals surface area contributed by atoms with Crippen molar-refractivity contribution in [1.82, 2.24) is 4.37 Å². The van der Waals surface area contributed by atoms with Crippen LogP contribution in [0.3, 0.4) is 0 Å². The normalized spacial score (nSPS) is 10.4. The van der Waals surface area contributed by atoms with Crippen LogP contribution in [0.2, 0.25) is 0 Å². The Morgan fingerprint density at radius 3 is 2.93 bits per heavy atom. The van der Waals surface area contributed by atoms with Crippen LogP contribution >= 0.6 is 11.5 Å². The Morgan fingerprint density at radius 2 is 2.29 bits per heavy atom. The summed E-state index contributed by atoms with van der Waals surface area (Å²) < 4.78 is 16.8. The highest BCUT2D eigenvalue weighted by atomic mass is 32.1. The lowest BCUT2D eigenvalue weighted by Gasteiger charge is -1.99. The van der Waals surface area contributed by atoms with Crippen molar-refractivity contribution in [1.29, 1.82) is 0 Å². The van der Waals surface area contributed by atoms with Crippen LogP contribution in [0.1, 0.15) is 10.4 Å². The Morgan fingerprint density at radius 1 is 1.43 bits per heavy atom. The quantitative estimate of drug-likeness (QED) is 0.823. The fourth-order valence-corrected chi connectivity index (χ4v) is 1.92. The van der Waals surface area contributed by atoms with Crippen LogP contribution in [-0.4, -0.2) is 4.37 Å². The van der Waals surface area contributed by atoms with Gasteiger partial charge in [0, 0.05) is 6.42 Å². The molecule has 0 aliphatic carbocycles. The molecule has 1 aromatic carbocycles. The van der Waals surface area contributed by atoms with Crippen molar-refractivity contribution in [3.63, 3.8) is 0 Å². The molecule has 0 bridgehead atoms. The third kappa shape index (κ3) is 1.90. The van der Waals surface area contributed by atoms with Crippen LogP contribution in [0, 0.1) is 5.82 Å². The highest BCUT2D eigenvalue weighted by Crippen LogP contribution is 2.20. The molecule has 14 heavy (non-hydrogen) atoms. The lowest BCUT2D eigenvalue weighted by molar-refractivity contribution is 0.626. The van der Waals surface area contributed by atoms with Crippen LogP contribution in [0.15, 0.2) is 30.5 Å². The second-order valence-corrected chi connectivity index (χ2v) is 3.90. The lowest BCUT2D eigenvalue weighted by atomic mass is 10.1. The van der Waals surface area contributed by atoms with Gasteiger partial charge in [-0.15, -0.1) is 0 Å². The first-order valence-electron chi connectivity index (χ1n) is 4.19. The van der Waals surface area contributed by atoms with Crippen molar-refractivity contribution in [2.24, 2.45) is 0 Å². The number of aromatic nitrogens is 1. The van der Waals surface area contributed by atoms with Gasteiger partial charge >= 0.3 is 0 Å². The number of halogens is 1. The van der Waals surface area contributed by atoms with Gasteiger partial charge < -0.3 is 5.73 Å². The van der Waals surface area contributed by atoms with E-state index in [9.17, 15) is 4.39 Å². The average molecular weight is 208 g/mol. The molecule has 0 saturated carbocycles. The maximum Gasteiger partial charge on any atom is 0.123 e. The molecule has 2 nitrogen and oxygen atoms in total. The number of hydrogen-bond donors (Lipinski definition) is 1. The minimum Gasteiger partial charge on any atom is -0.397 e. The van der Waals surface area contributed by atoms with Gasteiger partial charge in [-0.1, -0.05) is 12.1 Å². The number of anilines is 1. The Bertz CT molecular complexity index is 439. The van der Waals surface area contributed by atoms with Gasteiger partial charge in [0.2, 0.25) is 0 Å². The van der Waals surface area contributed by atoms with Gasteiger partial charge in [-0.25, -0.2) is 4.39 Å². The van der Waals surface area contributed by atoms with Crippen molar-refractivity contribution in [2.45, 2.75) is 6.42 Å². The molecule has 72 valence electrons. The number of benzene rings is 1. The van der Waals surface area contributed by atoms with E-state index in [1.54, 1.807) is 12.3 Å². The fourth-order valence-electron chi connectivity index (χ4n) is 1.24. The summed E-state index contributed by atoms with van der Waals surface area (Å²) in [5, 5.41) is 0. The summed E-state index contributed by atoms with van der Waals surface area (Å²) in [5.74, 6) is -0.217. The molecule has 2 rings (SSSR count). The largest absolute Gasteiger partial charge is 0.397 e. The molecule has 2 N–H and O–H groups in total. The van der Waals surface area contributed by atoms with Crippen molar-refractivity contribution < 1.29 is 4.39 Å². The van der Waals surface area contributed by atoms with Crippen molar-refractivity contribution in [3.8, 4) is 0 Å². The maximum absolute atomic E-state index is 12.9. The van der Waals surface area contributed by atoms with Crippen molar-refractivity contribution in [3.05, 3.63) is 46.7 Å². The number of nitrogens with two attached hydrogens (primary N) is 1. The predicted molar refractivity (Wildman–Crippen MR) is 55.7 cm³/mol. The molecule has 0 radical (unpaired) electrons. The van der Waals surface area contributed by atoms with Crippen LogP contribution in [-0.2, 0) is 6.42 Å². The standard InChI is InChI=1S/C10H9FN2S/c11-8-3-1-2-7(4-8)5-10-9(12)6-13-14-10/h1-4,6H,5,12H2. The van der Waals surface area contributed by atoms with Crippen molar-refractivity contribution >= 4 is 17.2 Å². The Balaban J connectivity index is 2.23. The summed E-state index contributed by atoms with van der Waals surface area (Å²) >= 11 is 1.35. The van der Waals surface area contributed by atoms with Gasteiger partial charge in [0.15, 0.2) is 0 Å². The van der Waals surface area contributed by atoms with E-state index in [-0.39, 0.29) is 5.82 Å². The van der Waals surface area contributed by atoms with Gasteiger partial charge in [0.05, 0.1) is 16.8 Å². The Kier molecular flexibility index (Phi) is 2.45. The molecule has 0 aliphatic heterocycles. The zero-order valence-electron chi connectivity index (χ0n) is 7.40. The summed E-state index contributed by atoms with van der Waals surface area (Å²) in [5.41, 5.74) is 7.28. The Hall–Kier alpha value is -1.42. The van der Waals surface area contributed by atoms with Crippen LogP contribution < -0.4 is 5.73 Å². The predicted octanol–water partition coefficient (Wildman–Crippen LogP) is 2.46. The zero-order valence-corrected chi connectivity index (χ0v) is 8.22. The minimum absolute atomic E-state index is 0.217. The number of hydrogen-bond acceptors (Lipinski definition) is 3. The SMILES string of the molecule is Nc1cnsc1Cc1cccc(F)c1. The van der Waals surface area contributed by atoms with Gasteiger partial charge in [0.25, 0.3) is 0 Å². The summed E-state index contributed by atoms with van der Waals surface area (Å²) in [4.78, 5) is 0.982. The van der Waals surface area contributed by atoms with E-state index < -0.39 is 0 Å². The highest BCUT2D eigenvalue weighted by molar-refractivity contribution is 7.06. The molecule has 1 aromatic heterocycles. The van der Waals surface area contributed by atoms with E-state index in [0.29, 0.717) is 12.1 Å². The van der Waals surface area contributed by atoms with E-state index in [1.807, 2.05) is 6.07 Å². The first-order valence-corrected chi connectivity index (χ1v) is 4.96. The molecule has 0 amide bonds. The van der Waals surface area contributed by atoms with Gasteiger partial charge in [-0.05, 0) is 29.2 Å². The molecule has 1 heterocycles. The molecule has 4 heteroatoms. The number of nitrogens with zero attached hydrogens (tertiary/aromatic N) is 1. The molecule has 0 atom stereocenters. The second kappa shape index (κ2) is 3.75. The minimum atomic E-state index is -0.217. The van der Waals surface area contributed by atoms with E-state index >= 15 is 0 Å². The van der Waals surface area contributed by atoms with E-state index in [4.69, 9.17) is 5.73 Å². The van der Waals surface area contributed by atoms with E-state index in [2.05, 4.69) is 4.37 Å². The third-order valence-corrected chi connectivity index (χ3v) is 2.74. The average Bonchev–Trinajstić information content (AvgIpc) is 2.52. The molecule has 0 aliphatic rings. The summed E-state index contributed by atoms with van der Waals surface area (Å²) in [7, 11) is 0. The monoisotopic (exact) mass is 208 g/mol. The van der Waals surface area contributed by atoms with Gasteiger partial charge in [0.1, 0.15) is 5.82 Å². The van der Waals surface area contributed by atoms with Gasteiger partial charge in [-0.3, -0.25) is 0 Å². The van der Waals surface area contributed by atoms with E-state index in [1.165, 1.54) is 23.7 Å².